The van der Waals surface area contributed by atoms with Gasteiger partial charge in [0.05, 0.1) is 12.4 Å². The summed E-state index contributed by atoms with van der Waals surface area (Å²) in [5, 5.41) is 2.72. The van der Waals surface area contributed by atoms with Crippen molar-refractivity contribution in [1.82, 2.24) is 9.97 Å². The first-order chi connectivity index (χ1) is 8.56. The maximum Gasteiger partial charge on any atom is 0.257 e. The van der Waals surface area contributed by atoms with E-state index in [1.165, 1.54) is 30.6 Å². The summed E-state index contributed by atoms with van der Waals surface area (Å²) in [5.41, 5.74) is 0.917. The second-order valence-corrected chi connectivity index (χ2v) is 4.03. The van der Waals surface area contributed by atoms with Crippen LogP contribution in [0.3, 0.4) is 0 Å². The largest absolute Gasteiger partial charge is 0.305 e. The number of hydrogen-bond acceptors (Lipinski definition) is 3. The molecule has 1 aromatic heterocycles. The molecule has 0 aliphatic carbocycles. The number of aryl methyl sites for hydroxylation is 1. The van der Waals surface area contributed by atoms with Gasteiger partial charge in [0.15, 0.2) is 5.82 Å². The van der Waals surface area contributed by atoms with Crippen molar-refractivity contribution in [3.63, 3.8) is 0 Å². The minimum absolute atomic E-state index is 0.184. The number of benzene rings is 1. The molecule has 0 aliphatic heterocycles. The van der Waals surface area contributed by atoms with Crippen LogP contribution in [-0.4, -0.2) is 15.9 Å². The van der Waals surface area contributed by atoms with Crippen LogP contribution in [-0.2, 0) is 0 Å². The highest BCUT2D eigenvalue weighted by atomic mass is 35.5. The summed E-state index contributed by atoms with van der Waals surface area (Å²) >= 11 is 5.65. The van der Waals surface area contributed by atoms with Gasteiger partial charge in [-0.3, -0.25) is 9.78 Å². The highest BCUT2D eigenvalue weighted by Crippen LogP contribution is 2.13. The fourth-order valence-electron chi connectivity index (χ4n) is 1.47. The molecule has 0 unspecified atom stereocenters. The second-order valence-electron chi connectivity index (χ2n) is 3.64. The third kappa shape index (κ3) is 2.81. The molecule has 0 bridgehead atoms. The molecule has 2 aromatic rings. The smallest absolute Gasteiger partial charge is 0.257 e. The van der Waals surface area contributed by atoms with Crippen molar-refractivity contribution >= 4 is 23.3 Å². The van der Waals surface area contributed by atoms with Crippen LogP contribution < -0.4 is 5.32 Å². The molecular formula is C12H9ClFN3O. The van der Waals surface area contributed by atoms with E-state index in [1.54, 1.807) is 6.92 Å². The Morgan fingerprint density at radius 3 is 2.83 bits per heavy atom. The van der Waals surface area contributed by atoms with Crippen LogP contribution in [0.4, 0.5) is 10.2 Å². The number of amides is 1. The zero-order valence-corrected chi connectivity index (χ0v) is 10.2. The van der Waals surface area contributed by atoms with Gasteiger partial charge in [-0.2, -0.15) is 0 Å². The summed E-state index contributed by atoms with van der Waals surface area (Å²) in [7, 11) is 0. The van der Waals surface area contributed by atoms with Crippen LogP contribution in [0, 0.1) is 12.7 Å². The molecule has 1 amide bonds. The predicted molar refractivity (Wildman–Crippen MR) is 66.1 cm³/mol. The zero-order valence-electron chi connectivity index (χ0n) is 9.45. The molecule has 2 rings (SSSR count). The van der Waals surface area contributed by atoms with E-state index < -0.39 is 0 Å². The van der Waals surface area contributed by atoms with E-state index in [-0.39, 0.29) is 22.7 Å². The number of hydrogen-bond donors (Lipinski definition) is 1. The molecule has 0 atom stereocenters. The number of aromatic nitrogens is 2. The predicted octanol–water partition coefficient (Wildman–Crippen LogP) is 2.83. The molecule has 4 nitrogen and oxygen atoms in total. The Kier molecular flexibility index (Phi) is 3.53. The van der Waals surface area contributed by atoms with Crippen LogP contribution >= 0.6 is 11.6 Å². The molecule has 0 fully saturated rings. The van der Waals surface area contributed by atoms with E-state index in [2.05, 4.69) is 15.3 Å². The Balaban J connectivity index is 2.22. The minimum atomic E-state index is -0.385. The van der Waals surface area contributed by atoms with E-state index in [4.69, 9.17) is 11.6 Å². The lowest BCUT2D eigenvalue weighted by Gasteiger charge is -2.06. The van der Waals surface area contributed by atoms with Gasteiger partial charge in [0, 0.05) is 5.56 Å². The molecule has 1 aromatic carbocycles. The summed E-state index contributed by atoms with van der Waals surface area (Å²) in [4.78, 5) is 19.6. The molecule has 0 saturated heterocycles. The molecule has 18 heavy (non-hydrogen) atoms. The minimum Gasteiger partial charge on any atom is -0.305 e. The Labute approximate surface area is 108 Å². The van der Waals surface area contributed by atoms with Gasteiger partial charge in [-0.15, -0.1) is 0 Å². The van der Waals surface area contributed by atoms with Crippen molar-refractivity contribution in [2.24, 2.45) is 0 Å². The molecule has 92 valence electrons. The number of rotatable bonds is 2. The van der Waals surface area contributed by atoms with Crippen molar-refractivity contribution in [3.8, 4) is 0 Å². The van der Waals surface area contributed by atoms with Gasteiger partial charge in [-0.05, 0) is 30.7 Å². The topological polar surface area (TPSA) is 54.9 Å². The molecule has 0 spiro atoms. The second kappa shape index (κ2) is 5.10. The Morgan fingerprint density at radius 2 is 2.17 bits per heavy atom. The first-order valence-electron chi connectivity index (χ1n) is 5.11. The van der Waals surface area contributed by atoms with Crippen LogP contribution in [0.1, 0.15) is 15.9 Å². The molecule has 6 heteroatoms. The van der Waals surface area contributed by atoms with Gasteiger partial charge >= 0.3 is 0 Å². The summed E-state index contributed by atoms with van der Waals surface area (Å²) < 4.78 is 12.9. The molecule has 1 N–H and O–H groups in total. The molecule has 0 radical (unpaired) electrons. The Hall–Kier alpha value is -2.01. The van der Waals surface area contributed by atoms with Crippen molar-refractivity contribution in [1.29, 1.82) is 0 Å². The van der Waals surface area contributed by atoms with Crippen molar-refractivity contribution in [2.45, 2.75) is 6.92 Å². The van der Waals surface area contributed by atoms with E-state index >= 15 is 0 Å². The number of carbonyl (C=O) groups excluding carboxylic acids is 1. The van der Waals surface area contributed by atoms with Gasteiger partial charge < -0.3 is 5.32 Å². The van der Waals surface area contributed by atoms with Gasteiger partial charge in [0.1, 0.15) is 11.0 Å². The zero-order chi connectivity index (χ0) is 13.1. The number of halogens is 2. The summed E-state index contributed by atoms with van der Waals surface area (Å²) in [6.07, 6.45) is 2.74. The SMILES string of the molecule is Cc1cc(F)ccc1C(=O)Nc1cncc(Cl)n1. The van der Waals surface area contributed by atoms with Gasteiger partial charge in [-0.25, -0.2) is 9.37 Å². The third-order valence-corrected chi connectivity index (χ3v) is 2.46. The Bertz CT molecular complexity index is 604. The molecule has 1 heterocycles. The number of carbonyl (C=O) groups is 1. The van der Waals surface area contributed by atoms with E-state index in [0.717, 1.165) is 0 Å². The van der Waals surface area contributed by atoms with Gasteiger partial charge in [0.2, 0.25) is 0 Å². The lowest BCUT2D eigenvalue weighted by Crippen LogP contribution is -2.14. The van der Waals surface area contributed by atoms with Crippen LogP contribution in [0.5, 0.6) is 0 Å². The maximum absolute atomic E-state index is 12.9. The summed E-state index contributed by atoms with van der Waals surface area (Å²) in [5.74, 6) is -0.521. The fraction of sp³-hybridized carbons (Fsp3) is 0.0833. The fourth-order valence-corrected chi connectivity index (χ4v) is 1.62. The maximum atomic E-state index is 12.9. The molecule has 0 aliphatic rings. The lowest BCUT2D eigenvalue weighted by atomic mass is 10.1. The molecular weight excluding hydrogens is 257 g/mol. The van der Waals surface area contributed by atoms with E-state index in [1.807, 2.05) is 0 Å². The van der Waals surface area contributed by atoms with Crippen LogP contribution in [0.2, 0.25) is 5.15 Å². The van der Waals surface area contributed by atoms with E-state index in [9.17, 15) is 9.18 Å². The number of anilines is 1. The normalized spacial score (nSPS) is 10.2. The average molecular weight is 266 g/mol. The summed E-state index contributed by atoms with van der Waals surface area (Å²) in [6.45, 7) is 1.65. The Morgan fingerprint density at radius 1 is 1.39 bits per heavy atom. The van der Waals surface area contributed by atoms with Gasteiger partial charge in [0.25, 0.3) is 5.91 Å². The number of nitrogens with zero attached hydrogens (tertiary/aromatic N) is 2. The first-order valence-corrected chi connectivity index (χ1v) is 5.49. The van der Waals surface area contributed by atoms with E-state index in [0.29, 0.717) is 11.1 Å². The van der Waals surface area contributed by atoms with Crippen molar-refractivity contribution < 1.29 is 9.18 Å². The third-order valence-electron chi connectivity index (χ3n) is 2.28. The van der Waals surface area contributed by atoms with Crippen LogP contribution in [0.15, 0.2) is 30.6 Å². The summed E-state index contributed by atoms with van der Waals surface area (Å²) in [6, 6.07) is 3.93. The quantitative estimate of drug-likeness (QED) is 0.908. The van der Waals surface area contributed by atoms with Gasteiger partial charge in [-0.1, -0.05) is 11.6 Å². The first kappa shape index (κ1) is 12.4. The highest BCUT2D eigenvalue weighted by molar-refractivity contribution is 6.29. The monoisotopic (exact) mass is 265 g/mol. The standard InChI is InChI=1S/C12H9ClFN3O/c1-7-4-8(14)2-3-9(7)12(18)17-11-6-15-5-10(13)16-11/h2-6H,1H3,(H,16,17,18). The highest BCUT2D eigenvalue weighted by Gasteiger charge is 2.10. The van der Waals surface area contributed by atoms with Crippen molar-refractivity contribution in [2.75, 3.05) is 5.32 Å². The average Bonchev–Trinajstić information content (AvgIpc) is 2.28. The van der Waals surface area contributed by atoms with Crippen molar-refractivity contribution in [3.05, 3.63) is 52.7 Å². The lowest BCUT2D eigenvalue weighted by molar-refractivity contribution is 0.102. The number of nitrogens with one attached hydrogen (secondary N) is 1. The molecule has 0 saturated carbocycles. The van der Waals surface area contributed by atoms with Crippen LogP contribution in [0.25, 0.3) is 0 Å².